The molecule has 1 fully saturated rings. The first kappa shape index (κ1) is 17.6. The zero-order chi connectivity index (χ0) is 20.1. The van der Waals surface area contributed by atoms with E-state index in [-0.39, 0.29) is 11.9 Å². The zero-order valence-electron chi connectivity index (χ0n) is 16.1. The number of β-amino-alcohol motifs (C(OH)–C–C–N with tert-alkyl or cyclic N) is 1. The lowest BCUT2D eigenvalue weighted by Crippen LogP contribution is -2.51. The molecule has 4 aromatic rings. The van der Waals surface area contributed by atoms with Gasteiger partial charge in [0.1, 0.15) is 11.3 Å². The summed E-state index contributed by atoms with van der Waals surface area (Å²) in [4.78, 5) is 23.2. The summed E-state index contributed by atoms with van der Waals surface area (Å²) in [5.74, 6) is 0.859. The third-order valence-electron chi connectivity index (χ3n) is 5.33. The lowest BCUT2D eigenvalue weighted by atomic mass is 9.99. The van der Waals surface area contributed by atoms with Crippen LogP contribution in [0.4, 0.5) is 5.95 Å². The molecule has 1 aliphatic rings. The molecule has 0 saturated carbocycles. The average Bonchev–Trinajstić information content (AvgIpc) is 3.12. The van der Waals surface area contributed by atoms with E-state index < -0.39 is 0 Å². The fourth-order valence-corrected chi connectivity index (χ4v) is 3.65. The van der Waals surface area contributed by atoms with Crippen LogP contribution in [0.2, 0.25) is 0 Å². The predicted molar refractivity (Wildman–Crippen MR) is 110 cm³/mol. The van der Waals surface area contributed by atoms with E-state index in [4.69, 9.17) is 4.98 Å². The van der Waals surface area contributed by atoms with Gasteiger partial charge in [-0.3, -0.25) is 0 Å². The van der Waals surface area contributed by atoms with Gasteiger partial charge in [-0.05, 0) is 31.5 Å². The molecule has 0 amide bonds. The number of aliphatic hydroxyl groups excluding tert-OH is 1. The van der Waals surface area contributed by atoms with Crippen molar-refractivity contribution in [3.8, 4) is 28.3 Å². The third kappa shape index (κ3) is 2.98. The number of hydrogen-bond acceptors (Lipinski definition) is 7. The van der Waals surface area contributed by atoms with Gasteiger partial charge in [0, 0.05) is 42.2 Å². The van der Waals surface area contributed by atoms with Crippen molar-refractivity contribution in [1.82, 2.24) is 24.9 Å². The number of benzene rings is 1. The number of rotatable bonds is 3. The Kier molecular flexibility index (Phi) is 3.95. The molecule has 8 nitrogen and oxygen atoms in total. The van der Waals surface area contributed by atoms with Gasteiger partial charge in [-0.15, -0.1) is 0 Å². The standard InChI is InChI=1S/C21H20N6O2/c1-11-3-4-18(29)12(2)19(11)17-8-22-20-16(25-17)5-15(26-20)13-6-23-21(24-7-13)27-9-14(28)10-27/h3-8,14,28-29H,9-10H2,1-2H3,(H,22,26). The van der Waals surface area contributed by atoms with Crippen LogP contribution in [0.25, 0.3) is 33.7 Å². The molecule has 0 bridgehead atoms. The van der Waals surface area contributed by atoms with Crippen molar-refractivity contribution in [2.45, 2.75) is 20.0 Å². The number of aromatic nitrogens is 5. The fraction of sp³-hybridized carbons (Fsp3) is 0.238. The van der Waals surface area contributed by atoms with Crippen molar-refractivity contribution in [1.29, 1.82) is 0 Å². The van der Waals surface area contributed by atoms with Crippen LogP contribution in [0.3, 0.4) is 0 Å². The average molecular weight is 388 g/mol. The van der Waals surface area contributed by atoms with Crippen LogP contribution in [0.15, 0.2) is 36.8 Å². The highest BCUT2D eigenvalue weighted by Gasteiger charge is 2.26. The van der Waals surface area contributed by atoms with Gasteiger partial charge in [0.15, 0.2) is 5.65 Å². The molecular formula is C21H20N6O2. The van der Waals surface area contributed by atoms with Crippen LogP contribution in [0, 0.1) is 13.8 Å². The molecular weight excluding hydrogens is 368 g/mol. The van der Waals surface area contributed by atoms with E-state index in [9.17, 15) is 10.2 Å². The largest absolute Gasteiger partial charge is 0.508 e. The molecule has 146 valence electrons. The number of aromatic hydroxyl groups is 1. The molecule has 1 saturated heterocycles. The van der Waals surface area contributed by atoms with Gasteiger partial charge in [0.2, 0.25) is 5.95 Å². The van der Waals surface area contributed by atoms with E-state index in [2.05, 4.69) is 19.9 Å². The Balaban J connectivity index is 1.49. The minimum Gasteiger partial charge on any atom is -0.508 e. The number of aromatic amines is 1. The number of nitrogens with one attached hydrogen (secondary N) is 1. The highest BCUT2D eigenvalue weighted by Crippen LogP contribution is 2.32. The van der Waals surface area contributed by atoms with Crippen LogP contribution in [0.5, 0.6) is 5.75 Å². The molecule has 0 unspecified atom stereocenters. The smallest absolute Gasteiger partial charge is 0.225 e. The van der Waals surface area contributed by atoms with E-state index in [1.807, 2.05) is 30.9 Å². The predicted octanol–water partition coefficient (Wildman–Crippen LogP) is 2.59. The van der Waals surface area contributed by atoms with E-state index in [0.29, 0.717) is 24.7 Å². The van der Waals surface area contributed by atoms with Crippen molar-refractivity contribution in [2.75, 3.05) is 18.0 Å². The molecule has 0 spiro atoms. The second-order valence-corrected chi connectivity index (χ2v) is 7.40. The van der Waals surface area contributed by atoms with Gasteiger partial charge in [0.05, 0.1) is 23.7 Å². The normalized spacial score (nSPS) is 14.4. The summed E-state index contributed by atoms with van der Waals surface area (Å²) in [6.07, 6.45) is 4.92. The van der Waals surface area contributed by atoms with Crippen molar-refractivity contribution in [3.05, 3.63) is 47.9 Å². The first-order valence-corrected chi connectivity index (χ1v) is 9.40. The number of phenolic OH excluding ortho intramolecular Hbond substituents is 1. The number of aryl methyl sites for hydroxylation is 1. The van der Waals surface area contributed by atoms with Crippen LogP contribution in [-0.2, 0) is 0 Å². The highest BCUT2D eigenvalue weighted by molar-refractivity contribution is 5.82. The monoisotopic (exact) mass is 388 g/mol. The lowest BCUT2D eigenvalue weighted by molar-refractivity contribution is 0.140. The molecule has 1 aliphatic heterocycles. The fourth-order valence-electron chi connectivity index (χ4n) is 3.65. The van der Waals surface area contributed by atoms with E-state index >= 15 is 0 Å². The van der Waals surface area contributed by atoms with E-state index in [1.165, 1.54) is 0 Å². The number of fused-ring (bicyclic) bond motifs is 1. The number of aliphatic hydroxyl groups is 1. The second-order valence-electron chi connectivity index (χ2n) is 7.40. The topological polar surface area (TPSA) is 111 Å². The molecule has 0 atom stereocenters. The summed E-state index contributed by atoms with van der Waals surface area (Å²) in [5.41, 5.74) is 6.50. The third-order valence-corrected chi connectivity index (χ3v) is 5.33. The van der Waals surface area contributed by atoms with E-state index in [1.54, 1.807) is 24.7 Å². The lowest BCUT2D eigenvalue weighted by Gasteiger charge is -2.35. The zero-order valence-corrected chi connectivity index (χ0v) is 16.1. The van der Waals surface area contributed by atoms with Gasteiger partial charge in [-0.2, -0.15) is 0 Å². The molecule has 0 radical (unpaired) electrons. The van der Waals surface area contributed by atoms with Crippen LogP contribution in [0.1, 0.15) is 11.1 Å². The molecule has 5 rings (SSSR count). The van der Waals surface area contributed by atoms with Crippen LogP contribution < -0.4 is 4.90 Å². The maximum atomic E-state index is 10.1. The molecule has 3 N–H and O–H groups in total. The first-order chi connectivity index (χ1) is 14.0. The minimum absolute atomic E-state index is 0.245. The number of anilines is 1. The maximum Gasteiger partial charge on any atom is 0.225 e. The highest BCUT2D eigenvalue weighted by atomic mass is 16.3. The molecule has 29 heavy (non-hydrogen) atoms. The Bertz CT molecular complexity index is 1210. The quantitative estimate of drug-likeness (QED) is 0.495. The second kappa shape index (κ2) is 6.52. The van der Waals surface area contributed by atoms with Crippen molar-refractivity contribution >= 4 is 17.1 Å². The Morgan fingerprint density at radius 2 is 1.83 bits per heavy atom. The summed E-state index contributed by atoms with van der Waals surface area (Å²) in [6.45, 7) is 5.00. The van der Waals surface area contributed by atoms with Crippen LogP contribution >= 0.6 is 0 Å². The van der Waals surface area contributed by atoms with Crippen molar-refractivity contribution < 1.29 is 10.2 Å². The summed E-state index contributed by atoms with van der Waals surface area (Å²) < 4.78 is 0. The summed E-state index contributed by atoms with van der Waals surface area (Å²) in [6, 6.07) is 5.49. The van der Waals surface area contributed by atoms with Gasteiger partial charge in [-0.25, -0.2) is 19.9 Å². The first-order valence-electron chi connectivity index (χ1n) is 9.40. The number of nitrogens with zero attached hydrogens (tertiary/aromatic N) is 5. The van der Waals surface area contributed by atoms with Crippen molar-refractivity contribution in [3.63, 3.8) is 0 Å². The number of H-pyrrole nitrogens is 1. The Labute approximate surface area is 166 Å². The Hall–Kier alpha value is -3.52. The Morgan fingerprint density at radius 3 is 2.55 bits per heavy atom. The van der Waals surface area contributed by atoms with E-state index in [0.717, 1.165) is 39.2 Å². The maximum absolute atomic E-state index is 10.1. The minimum atomic E-state index is -0.294. The molecule has 4 heterocycles. The van der Waals surface area contributed by atoms with Gasteiger partial charge >= 0.3 is 0 Å². The summed E-state index contributed by atoms with van der Waals surface area (Å²) in [7, 11) is 0. The molecule has 1 aromatic carbocycles. The van der Waals surface area contributed by atoms with Gasteiger partial charge < -0.3 is 20.1 Å². The molecule has 3 aromatic heterocycles. The van der Waals surface area contributed by atoms with Gasteiger partial charge in [0.25, 0.3) is 0 Å². The van der Waals surface area contributed by atoms with Crippen molar-refractivity contribution in [2.24, 2.45) is 0 Å². The SMILES string of the molecule is Cc1ccc(O)c(C)c1-c1cnc2[nH]c(-c3cnc(N4CC(O)C4)nc3)cc2n1. The molecule has 8 heteroatoms. The summed E-state index contributed by atoms with van der Waals surface area (Å²) >= 11 is 0. The van der Waals surface area contributed by atoms with Gasteiger partial charge in [-0.1, -0.05) is 6.07 Å². The molecule has 0 aliphatic carbocycles. The number of phenols is 1. The Morgan fingerprint density at radius 1 is 1.07 bits per heavy atom. The summed E-state index contributed by atoms with van der Waals surface area (Å²) in [5, 5.41) is 19.5. The van der Waals surface area contributed by atoms with Crippen LogP contribution in [-0.4, -0.2) is 54.3 Å². The number of hydrogen-bond donors (Lipinski definition) is 3.